The van der Waals surface area contributed by atoms with Crippen LogP contribution in [0.4, 0.5) is 0 Å². The van der Waals surface area contributed by atoms with Gasteiger partial charge in [-0.3, -0.25) is 4.79 Å². The summed E-state index contributed by atoms with van der Waals surface area (Å²) in [6, 6.07) is 7.30. The van der Waals surface area contributed by atoms with Crippen LogP contribution < -0.4 is 15.8 Å². The lowest BCUT2D eigenvalue weighted by molar-refractivity contribution is -0.122. The van der Waals surface area contributed by atoms with Crippen LogP contribution in [0.15, 0.2) is 24.3 Å². The van der Waals surface area contributed by atoms with Gasteiger partial charge in [0.05, 0.1) is 12.6 Å². The van der Waals surface area contributed by atoms with E-state index in [0.717, 1.165) is 5.75 Å². The molecule has 0 heterocycles. The Morgan fingerprint density at radius 2 is 2.06 bits per heavy atom. The minimum atomic E-state index is -0.473. The summed E-state index contributed by atoms with van der Waals surface area (Å²) in [6.45, 7) is 4.58. The molecule has 1 unspecified atom stereocenters. The van der Waals surface area contributed by atoms with Crippen LogP contribution in [0.5, 0.6) is 5.75 Å². The highest BCUT2D eigenvalue weighted by atomic mass is 16.5. The summed E-state index contributed by atoms with van der Waals surface area (Å²) in [5.41, 5.74) is 6.59. The molecule has 0 aliphatic heterocycles. The Bertz CT molecular complexity index is 333. The maximum atomic E-state index is 11.1. The van der Waals surface area contributed by atoms with Gasteiger partial charge >= 0.3 is 0 Å². The molecule has 1 atom stereocenters. The van der Waals surface area contributed by atoms with Gasteiger partial charge in [-0.2, -0.15) is 0 Å². The van der Waals surface area contributed by atoms with E-state index in [4.69, 9.17) is 10.5 Å². The number of benzene rings is 1. The van der Waals surface area contributed by atoms with E-state index in [0.29, 0.717) is 13.2 Å². The Hall–Kier alpha value is -1.55. The van der Waals surface area contributed by atoms with Crippen LogP contribution in [0, 0.1) is 6.92 Å². The van der Waals surface area contributed by atoms with E-state index in [1.54, 1.807) is 6.92 Å². The van der Waals surface area contributed by atoms with E-state index in [-0.39, 0.29) is 5.91 Å². The quantitative estimate of drug-likeness (QED) is 0.725. The van der Waals surface area contributed by atoms with Crippen molar-refractivity contribution in [2.24, 2.45) is 5.73 Å². The molecule has 1 aromatic rings. The Labute approximate surface area is 95.8 Å². The van der Waals surface area contributed by atoms with E-state index >= 15 is 0 Å². The minimum Gasteiger partial charge on any atom is -0.492 e. The largest absolute Gasteiger partial charge is 0.492 e. The van der Waals surface area contributed by atoms with Crippen molar-refractivity contribution in [2.45, 2.75) is 19.9 Å². The Balaban J connectivity index is 2.21. The summed E-state index contributed by atoms with van der Waals surface area (Å²) in [6.07, 6.45) is 0. The lowest BCUT2D eigenvalue weighted by atomic mass is 10.2. The van der Waals surface area contributed by atoms with Gasteiger partial charge in [0.1, 0.15) is 12.4 Å². The average Bonchev–Trinajstić information content (AvgIpc) is 2.26. The number of ether oxygens (including phenoxy) is 1. The third-order valence-corrected chi connectivity index (χ3v) is 2.10. The fourth-order valence-corrected chi connectivity index (χ4v) is 1.14. The molecular formula is C12H18N2O2. The predicted molar refractivity (Wildman–Crippen MR) is 63.3 cm³/mol. The van der Waals surface area contributed by atoms with Crippen LogP contribution in [0.1, 0.15) is 12.5 Å². The first-order valence-electron chi connectivity index (χ1n) is 5.32. The highest BCUT2D eigenvalue weighted by molar-refractivity contribution is 5.80. The van der Waals surface area contributed by atoms with Gasteiger partial charge in [-0.25, -0.2) is 0 Å². The summed E-state index contributed by atoms with van der Waals surface area (Å²) in [4.78, 5) is 11.1. The predicted octanol–water partition coefficient (Wildman–Crippen LogP) is 0.837. The van der Waals surface area contributed by atoms with E-state index in [9.17, 15) is 4.79 Å². The number of rotatable bonds is 5. The SMILES string of the molecule is Cc1ccc(OCCNC(=O)C(C)N)cc1. The van der Waals surface area contributed by atoms with E-state index in [2.05, 4.69) is 5.32 Å². The van der Waals surface area contributed by atoms with Crippen LogP contribution in [-0.4, -0.2) is 25.1 Å². The molecule has 1 aromatic carbocycles. The lowest BCUT2D eigenvalue weighted by Crippen LogP contribution is -2.40. The highest BCUT2D eigenvalue weighted by Gasteiger charge is 2.05. The summed E-state index contributed by atoms with van der Waals surface area (Å²) in [7, 11) is 0. The molecule has 0 aromatic heterocycles. The first kappa shape index (κ1) is 12.5. The molecule has 0 aliphatic carbocycles. The molecule has 1 amide bonds. The lowest BCUT2D eigenvalue weighted by Gasteiger charge is -2.09. The summed E-state index contributed by atoms with van der Waals surface area (Å²) < 4.78 is 5.44. The number of carbonyl (C=O) groups is 1. The summed E-state index contributed by atoms with van der Waals surface area (Å²) in [5, 5.41) is 2.67. The van der Waals surface area contributed by atoms with Gasteiger partial charge < -0.3 is 15.8 Å². The number of hydrogen-bond donors (Lipinski definition) is 2. The number of nitrogens with two attached hydrogens (primary N) is 1. The van der Waals surface area contributed by atoms with E-state index < -0.39 is 6.04 Å². The van der Waals surface area contributed by atoms with Crippen molar-refractivity contribution in [1.82, 2.24) is 5.32 Å². The first-order chi connectivity index (χ1) is 7.59. The highest BCUT2D eigenvalue weighted by Crippen LogP contribution is 2.10. The first-order valence-corrected chi connectivity index (χ1v) is 5.32. The summed E-state index contributed by atoms with van der Waals surface area (Å²) >= 11 is 0. The molecule has 88 valence electrons. The van der Waals surface area contributed by atoms with Gasteiger partial charge in [0, 0.05) is 0 Å². The molecule has 16 heavy (non-hydrogen) atoms. The van der Waals surface area contributed by atoms with Crippen molar-refractivity contribution in [2.75, 3.05) is 13.2 Å². The van der Waals surface area contributed by atoms with Crippen molar-refractivity contribution in [3.8, 4) is 5.75 Å². The second-order valence-electron chi connectivity index (χ2n) is 3.74. The molecule has 1 rings (SSSR count). The maximum Gasteiger partial charge on any atom is 0.236 e. The van der Waals surface area contributed by atoms with Crippen LogP contribution in [0.25, 0.3) is 0 Å². The van der Waals surface area contributed by atoms with Crippen LogP contribution >= 0.6 is 0 Å². The third kappa shape index (κ3) is 4.31. The Morgan fingerprint density at radius 3 is 2.62 bits per heavy atom. The second kappa shape index (κ2) is 6.12. The molecule has 0 fully saturated rings. The number of aryl methyl sites for hydroxylation is 1. The van der Waals surface area contributed by atoms with Crippen molar-refractivity contribution in [1.29, 1.82) is 0 Å². The average molecular weight is 222 g/mol. The van der Waals surface area contributed by atoms with E-state index in [1.807, 2.05) is 31.2 Å². The zero-order valence-corrected chi connectivity index (χ0v) is 9.69. The van der Waals surface area contributed by atoms with Gasteiger partial charge in [0.15, 0.2) is 0 Å². The standard InChI is InChI=1S/C12H18N2O2/c1-9-3-5-11(6-4-9)16-8-7-14-12(15)10(2)13/h3-6,10H,7-8,13H2,1-2H3,(H,14,15). The molecule has 4 nitrogen and oxygen atoms in total. The fourth-order valence-electron chi connectivity index (χ4n) is 1.14. The second-order valence-corrected chi connectivity index (χ2v) is 3.74. The smallest absolute Gasteiger partial charge is 0.236 e. The van der Waals surface area contributed by atoms with Gasteiger partial charge in [-0.15, -0.1) is 0 Å². The number of hydrogen-bond acceptors (Lipinski definition) is 3. The van der Waals surface area contributed by atoms with Gasteiger partial charge in [0.25, 0.3) is 0 Å². The number of amides is 1. The van der Waals surface area contributed by atoms with Gasteiger partial charge in [-0.05, 0) is 26.0 Å². The molecule has 0 saturated carbocycles. The van der Waals surface area contributed by atoms with Crippen molar-refractivity contribution in [3.05, 3.63) is 29.8 Å². The zero-order valence-electron chi connectivity index (χ0n) is 9.69. The Kier molecular flexibility index (Phi) is 4.79. The normalized spacial score (nSPS) is 11.9. The monoisotopic (exact) mass is 222 g/mol. The maximum absolute atomic E-state index is 11.1. The molecule has 0 bridgehead atoms. The number of carbonyl (C=O) groups excluding carboxylic acids is 1. The number of nitrogens with one attached hydrogen (secondary N) is 1. The third-order valence-electron chi connectivity index (χ3n) is 2.10. The molecule has 0 radical (unpaired) electrons. The topological polar surface area (TPSA) is 64.3 Å². The van der Waals surface area contributed by atoms with Crippen molar-refractivity contribution in [3.63, 3.8) is 0 Å². The van der Waals surface area contributed by atoms with Crippen LogP contribution in [-0.2, 0) is 4.79 Å². The molecule has 3 N–H and O–H groups in total. The fraction of sp³-hybridized carbons (Fsp3) is 0.417. The van der Waals surface area contributed by atoms with Crippen LogP contribution in [0.3, 0.4) is 0 Å². The van der Waals surface area contributed by atoms with Gasteiger partial charge in [0.2, 0.25) is 5.91 Å². The van der Waals surface area contributed by atoms with Crippen molar-refractivity contribution < 1.29 is 9.53 Å². The zero-order chi connectivity index (χ0) is 12.0. The molecule has 4 heteroatoms. The van der Waals surface area contributed by atoms with Crippen molar-refractivity contribution >= 4 is 5.91 Å². The minimum absolute atomic E-state index is 0.160. The van der Waals surface area contributed by atoms with Gasteiger partial charge in [-0.1, -0.05) is 17.7 Å². The summed E-state index contributed by atoms with van der Waals surface area (Å²) in [5.74, 6) is 0.646. The van der Waals surface area contributed by atoms with E-state index in [1.165, 1.54) is 5.56 Å². The van der Waals surface area contributed by atoms with Crippen LogP contribution in [0.2, 0.25) is 0 Å². The molecule has 0 saturated heterocycles. The Morgan fingerprint density at radius 1 is 1.44 bits per heavy atom. The molecule has 0 spiro atoms. The molecular weight excluding hydrogens is 204 g/mol. The molecule has 0 aliphatic rings.